The van der Waals surface area contributed by atoms with Crippen molar-refractivity contribution >= 4 is 12.0 Å². The number of likely N-dealkylation sites (tertiary alicyclic amines) is 1. The zero-order valence-electron chi connectivity index (χ0n) is 10.1. The molecule has 0 aliphatic carbocycles. The van der Waals surface area contributed by atoms with Gasteiger partial charge in [0, 0.05) is 12.6 Å². The maximum atomic E-state index is 11.8. The quantitative estimate of drug-likeness (QED) is 0.748. The first-order valence-corrected chi connectivity index (χ1v) is 5.71. The molecule has 1 fully saturated rings. The molecule has 5 nitrogen and oxygen atoms in total. The summed E-state index contributed by atoms with van der Waals surface area (Å²) in [6.45, 7) is 6.28. The molecule has 3 atom stereocenters. The van der Waals surface area contributed by atoms with Gasteiger partial charge in [0.25, 0.3) is 0 Å². The number of urea groups is 1. The van der Waals surface area contributed by atoms with Crippen LogP contribution in [0.2, 0.25) is 0 Å². The first-order chi connectivity index (χ1) is 7.41. The van der Waals surface area contributed by atoms with Crippen LogP contribution in [-0.2, 0) is 4.79 Å². The molecule has 92 valence electrons. The van der Waals surface area contributed by atoms with E-state index in [1.54, 1.807) is 4.90 Å². The number of nitrogens with one attached hydrogen (secondary N) is 1. The average Bonchev–Trinajstić information content (AvgIpc) is 2.21. The lowest BCUT2D eigenvalue weighted by Crippen LogP contribution is -2.52. The molecule has 0 saturated carbocycles. The van der Waals surface area contributed by atoms with E-state index in [9.17, 15) is 9.59 Å². The Balaban J connectivity index is 2.55. The molecule has 1 aliphatic rings. The summed E-state index contributed by atoms with van der Waals surface area (Å²) in [5.41, 5.74) is 0. The number of hydrogen-bond donors (Lipinski definition) is 2. The second kappa shape index (κ2) is 5.18. The molecule has 1 heterocycles. The summed E-state index contributed by atoms with van der Waals surface area (Å²) in [5, 5.41) is 11.2. The summed E-state index contributed by atoms with van der Waals surface area (Å²) in [6, 6.07) is -0.914. The molecule has 1 rings (SSSR count). The van der Waals surface area contributed by atoms with E-state index in [2.05, 4.69) is 12.2 Å². The highest BCUT2D eigenvalue weighted by Gasteiger charge is 2.28. The molecule has 0 aromatic heterocycles. The number of aliphatic carboxylic acids is 1. The van der Waals surface area contributed by atoms with E-state index in [0.29, 0.717) is 12.5 Å². The summed E-state index contributed by atoms with van der Waals surface area (Å²) < 4.78 is 0. The highest BCUT2D eigenvalue weighted by Crippen LogP contribution is 2.21. The molecule has 0 radical (unpaired) electrons. The van der Waals surface area contributed by atoms with Gasteiger partial charge in [-0.1, -0.05) is 6.92 Å². The molecule has 0 aromatic rings. The Morgan fingerprint density at radius 1 is 1.38 bits per heavy atom. The van der Waals surface area contributed by atoms with Crippen molar-refractivity contribution in [1.29, 1.82) is 0 Å². The summed E-state index contributed by atoms with van der Waals surface area (Å²) in [5.74, 6) is -0.520. The van der Waals surface area contributed by atoms with Gasteiger partial charge >= 0.3 is 12.0 Å². The number of carboxylic acid groups (broad SMARTS) is 1. The van der Waals surface area contributed by atoms with E-state index in [0.717, 1.165) is 12.8 Å². The Morgan fingerprint density at radius 2 is 2.00 bits per heavy atom. The lowest BCUT2D eigenvalue weighted by molar-refractivity contribution is -0.138. The van der Waals surface area contributed by atoms with Crippen molar-refractivity contribution in [2.75, 3.05) is 6.54 Å². The predicted octanol–water partition coefficient (Wildman–Crippen LogP) is 1.29. The average molecular weight is 228 g/mol. The van der Waals surface area contributed by atoms with E-state index in [4.69, 9.17) is 5.11 Å². The fraction of sp³-hybridized carbons (Fsp3) is 0.818. The lowest BCUT2D eigenvalue weighted by Gasteiger charge is -2.37. The highest BCUT2D eigenvalue weighted by molar-refractivity contribution is 5.82. The number of carbonyl (C=O) groups excluding carboxylic acids is 1. The Labute approximate surface area is 95.8 Å². The Bertz CT molecular complexity index is 280. The molecule has 1 aliphatic heterocycles. The predicted molar refractivity (Wildman–Crippen MR) is 60.2 cm³/mol. The first-order valence-electron chi connectivity index (χ1n) is 5.71. The normalized spacial score (nSPS) is 27.3. The number of rotatable bonds is 2. The minimum Gasteiger partial charge on any atom is -0.480 e. The largest absolute Gasteiger partial charge is 0.480 e. The van der Waals surface area contributed by atoms with Gasteiger partial charge in [0.1, 0.15) is 6.04 Å². The van der Waals surface area contributed by atoms with Crippen LogP contribution in [0.15, 0.2) is 0 Å². The third-order valence-electron chi connectivity index (χ3n) is 3.09. The zero-order valence-corrected chi connectivity index (χ0v) is 10.1. The zero-order chi connectivity index (χ0) is 12.3. The van der Waals surface area contributed by atoms with Gasteiger partial charge in [-0.3, -0.25) is 4.79 Å². The maximum Gasteiger partial charge on any atom is 0.325 e. The number of carbonyl (C=O) groups is 2. The Morgan fingerprint density at radius 3 is 2.56 bits per heavy atom. The molecular formula is C11H20N2O3. The van der Waals surface area contributed by atoms with Gasteiger partial charge in [0.15, 0.2) is 0 Å². The van der Waals surface area contributed by atoms with Gasteiger partial charge in [0.2, 0.25) is 0 Å². The molecule has 2 N–H and O–H groups in total. The van der Waals surface area contributed by atoms with E-state index in [1.165, 1.54) is 6.92 Å². The molecule has 0 aromatic carbocycles. The summed E-state index contributed by atoms with van der Waals surface area (Å²) in [6.07, 6.45) is 2.11. The molecule has 5 heteroatoms. The first kappa shape index (κ1) is 12.8. The minimum absolute atomic E-state index is 0.192. The van der Waals surface area contributed by atoms with Gasteiger partial charge in [-0.25, -0.2) is 4.79 Å². The van der Waals surface area contributed by atoms with Crippen LogP contribution in [0.4, 0.5) is 4.79 Å². The Kier molecular flexibility index (Phi) is 4.15. The molecule has 16 heavy (non-hydrogen) atoms. The topological polar surface area (TPSA) is 69.6 Å². The van der Waals surface area contributed by atoms with Crippen molar-refractivity contribution in [3.63, 3.8) is 0 Å². The SMILES string of the molecule is CC1CCC(C)N(C(=O)NC(C)C(=O)O)C1. The second-order valence-corrected chi connectivity index (χ2v) is 4.69. The fourth-order valence-electron chi connectivity index (χ4n) is 1.90. The molecule has 2 amide bonds. The van der Waals surface area contributed by atoms with E-state index in [1.807, 2.05) is 6.92 Å². The third-order valence-corrected chi connectivity index (χ3v) is 3.09. The van der Waals surface area contributed by atoms with E-state index in [-0.39, 0.29) is 12.1 Å². The fourth-order valence-corrected chi connectivity index (χ4v) is 1.90. The monoisotopic (exact) mass is 228 g/mol. The molecule has 0 spiro atoms. The van der Waals surface area contributed by atoms with Gasteiger partial charge in [-0.15, -0.1) is 0 Å². The van der Waals surface area contributed by atoms with Crippen molar-refractivity contribution < 1.29 is 14.7 Å². The van der Waals surface area contributed by atoms with Crippen molar-refractivity contribution in [2.24, 2.45) is 5.92 Å². The maximum absolute atomic E-state index is 11.8. The number of amides is 2. The van der Waals surface area contributed by atoms with Crippen LogP contribution in [0, 0.1) is 5.92 Å². The number of nitrogens with zero attached hydrogens (tertiary/aromatic N) is 1. The van der Waals surface area contributed by atoms with Crippen molar-refractivity contribution in [2.45, 2.75) is 45.7 Å². The van der Waals surface area contributed by atoms with Crippen LogP contribution in [0.1, 0.15) is 33.6 Å². The Hall–Kier alpha value is -1.26. The highest BCUT2D eigenvalue weighted by atomic mass is 16.4. The number of carboxylic acids is 1. The van der Waals surface area contributed by atoms with Crippen LogP contribution in [-0.4, -0.2) is 40.6 Å². The molecular weight excluding hydrogens is 208 g/mol. The van der Waals surface area contributed by atoms with Crippen LogP contribution in [0.5, 0.6) is 0 Å². The smallest absolute Gasteiger partial charge is 0.325 e. The van der Waals surface area contributed by atoms with Crippen molar-refractivity contribution in [3.05, 3.63) is 0 Å². The second-order valence-electron chi connectivity index (χ2n) is 4.69. The van der Waals surface area contributed by atoms with Crippen molar-refractivity contribution in [3.8, 4) is 0 Å². The summed E-state index contributed by atoms with van der Waals surface area (Å²) in [4.78, 5) is 24.2. The summed E-state index contributed by atoms with van der Waals surface area (Å²) >= 11 is 0. The van der Waals surface area contributed by atoms with Crippen LogP contribution in [0.25, 0.3) is 0 Å². The van der Waals surface area contributed by atoms with E-state index < -0.39 is 12.0 Å². The van der Waals surface area contributed by atoms with Crippen LogP contribution >= 0.6 is 0 Å². The van der Waals surface area contributed by atoms with Gasteiger partial charge in [0.05, 0.1) is 0 Å². The number of piperidine rings is 1. The van der Waals surface area contributed by atoms with Crippen molar-refractivity contribution in [1.82, 2.24) is 10.2 Å². The van der Waals surface area contributed by atoms with Crippen LogP contribution < -0.4 is 5.32 Å². The molecule has 3 unspecified atom stereocenters. The third kappa shape index (κ3) is 3.12. The minimum atomic E-state index is -1.01. The van der Waals surface area contributed by atoms with Gasteiger partial charge in [-0.05, 0) is 32.6 Å². The van der Waals surface area contributed by atoms with Gasteiger partial charge in [-0.2, -0.15) is 0 Å². The molecule has 1 saturated heterocycles. The standard InChI is InChI=1S/C11H20N2O3/c1-7-4-5-8(2)13(6-7)11(16)12-9(3)10(14)15/h7-9H,4-6H2,1-3H3,(H,12,16)(H,14,15). The van der Waals surface area contributed by atoms with Gasteiger partial charge < -0.3 is 15.3 Å². The summed E-state index contributed by atoms with van der Waals surface area (Å²) in [7, 11) is 0. The van der Waals surface area contributed by atoms with E-state index >= 15 is 0 Å². The molecule has 0 bridgehead atoms. The lowest BCUT2D eigenvalue weighted by atomic mass is 9.95. The number of hydrogen-bond acceptors (Lipinski definition) is 2. The van der Waals surface area contributed by atoms with Crippen LogP contribution in [0.3, 0.4) is 0 Å².